The number of hydrogen-bond acceptors (Lipinski definition) is 4. The Labute approximate surface area is 82.4 Å². The normalized spacial score (nSPS) is 12.5. The summed E-state index contributed by atoms with van der Waals surface area (Å²) in [6, 6.07) is 2.43. The molecule has 0 aromatic carbocycles. The highest BCUT2D eigenvalue weighted by molar-refractivity contribution is 7.11. The topological polar surface area (TPSA) is 48.7 Å². The third kappa shape index (κ3) is 2.27. The summed E-state index contributed by atoms with van der Waals surface area (Å²) < 4.78 is 0. The van der Waals surface area contributed by atoms with Crippen molar-refractivity contribution in [3.63, 3.8) is 0 Å². The van der Waals surface area contributed by atoms with Crippen LogP contribution in [0.15, 0.2) is 0 Å². The van der Waals surface area contributed by atoms with E-state index < -0.39 is 0 Å². The third-order valence-electron chi connectivity index (χ3n) is 1.93. The number of aryl methyl sites for hydroxylation is 1. The summed E-state index contributed by atoms with van der Waals surface area (Å²) in [7, 11) is 1.92. The molecule has 0 amide bonds. The minimum absolute atomic E-state index is 0.324. The van der Waals surface area contributed by atoms with Crippen LogP contribution >= 0.6 is 11.3 Å². The summed E-state index contributed by atoms with van der Waals surface area (Å²) in [5.74, 6) is 0. The lowest BCUT2D eigenvalue weighted by Crippen LogP contribution is -2.11. The van der Waals surface area contributed by atoms with E-state index in [1.807, 2.05) is 14.0 Å². The van der Waals surface area contributed by atoms with Crippen LogP contribution in [-0.4, -0.2) is 12.0 Å². The molecule has 1 unspecified atom stereocenters. The highest BCUT2D eigenvalue weighted by Gasteiger charge is 2.11. The Kier molecular flexibility index (Phi) is 3.40. The van der Waals surface area contributed by atoms with E-state index in [0.717, 1.165) is 10.7 Å². The molecule has 1 atom stereocenters. The summed E-state index contributed by atoms with van der Waals surface area (Å²) in [6.45, 7) is 4.08. The van der Waals surface area contributed by atoms with Crippen LogP contribution in [0.4, 0.5) is 0 Å². The maximum atomic E-state index is 8.52. The fourth-order valence-electron chi connectivity index (χ4n) is 1.14. The molecule has 0 aliphatic rings. The Balaban J connectivity index is 2.90. The average Bonchev–Trinajstić information content (AvgIpc) is 2.46. The second-order valence-electron chi connectivity index (χ2n) is 2.90. The van der Waals surface area contributed by atoms with Gasteiger partial charge < -0.3 is 5.32 Å². The molecular weight excluding hydrogens is 182 g/mol. The average molecular weight is 195 g/mol. The predicted octanol–water partition coefficient (Wildman–Crippen LogP) is 1.80. The zero-order chi connectivity index (χ0) is 9.84. The molecule has 4 heteroatoms. The first-order valence-electron chi connectivity index (χ1n) is 4.19. The Hall–Kier alpha value is -0.920. The van der Waals surface area contributed by atoms with Gasteiger partial charge in [-0.25, -0.2) is 4.98 Å². The quantitative estimate of drug-likeness (QED) is 0.800. The summed E-state index contributed by atoms with van der Waals surface area (Å²) in [6.07, 6.45) is 0.419. The highest BCUT2D eigenvalue weighted by atomic mass is 32.1. The van der Waals surface area contributed by atoms with Gasteiger partial charge in [0.15, 0.2) is 0 Å². The Morgan fingerprint density at radius 3 is 2.92 bits per heavy atom. The van der Waals surface area contributed by atoms with E-state index in [0.29, 0.717) is 12.5 Å². The van der Waals surface area contributed by atoms with Crippen LogP contribution in [0.2, 0.25) is 0 Å². The van der Waals surface area contributed by atoms with Crippen LogP contribution in [0.25, 0.3) is 0 Å². The lowest BCUT2D eigenvalue weighted by atomic mass is 10.2. The van der Waals surface area contributed by atoms with Crippen LogP contribution in [-0.2, 0) is 6.42 Å². The smallest absolute Gasteiger partial charge is 0.107 e. The molecule has 0 aliphatic carbocycles. The van der Waals surface area contributed by atoms with E-state index in [1.54, 1.807) is 11.3 Å². The van der Waals surface area contributed by atoms with Gasteiger partial charge in [0.05, 0.1) is 18.2 Å². The van der Waals surface area contributed by atoms with Gasteiger partial charge in [0.1, 0.15) is 5.01 Å². The first kappa shape index (κ1) is 10.2. The van der Waals surface area contributed by atoms with Crippen LogP contribution < -0.4 is 5.32 Å². The molecular formula is C9H13N3S. The number of rotatable bonds is 3. The second-order valence-corrected chi connectivity index (χ2v) is 4.02. The summed E-state index contributed by atoms with van der Waals surface area (Å²) in [5, 5.41) is 12.6. The van der Waals surface area contributed by atoms with Gasteiger partial charge in [-0.1, -0.05) is 0 Å². The Morgan fingerprint density at radius 2 is 2.38 bits per heavy atom. The monoisotopic (exact) mass is 195 g/mol. The van der Waals surface area contributed by atoms with Crippen LogP contribution in [0, 0.1) is 18.3 Å². The molecule has 0 saturated carbocycles. The molecule has 70 valence electrons. The molecule has 1 aromatic rings. The van der Waals surface area contributed by atoms with Crippen LogP contribution in [0.3, 0.4) is 0 Å². The van der Waals surface area contributed by atoms with Crippen LogP contribution in [0.5, 0.6) is 0 Å². The highest BCUT2D eigenvalue weighted by Crippen LogP contribution is 2.24. The number of thiazole rings is 1. The largest absolute Gasteiger partial charge is 0.312 e. The molecule has 0 saturated heterocycles. The van der Waals surface area contributed by atoms with Crippen molar-refractivity contribution >= 4 is 11.3 Å². The number of hydrogen-bond donors (Lipinski definition) is 1. The number of aromatic nitrogens is 1. The van der Waals surface area contributed by atoms with E-state index in [1.165, 1.54) is 4.88 Å². The van der Waals surface area contributed by atoms with Gasteiger partial charge in [-0.15, -0.1) is 11.3 Å². The lowest BCUT2D eigenvalue weighted by Gasteiger charge is -2.06. The second kappa shape index (κ2) is 4.35. The van der Waals surface area contributed by atoms with Crippen LogP contribution in [0.1, 0.15) is 28.5 Å². The van der Waals surface area contributed by atoms with Crippen molar-refractivity contribution in [1.82, 2.24) is 10.3 Å². The molecule has 1 aromatic heterocycles. The maximum absolute atomic E-state index is 8.52. The molecule has 1 N–H and O–H groups in total. The number of nitrogens with one attached hydrogen (secondary N) is 1. The Morgan fingerprint density at radius 1 is 1.69 bits per heavy atom. The van der Waals surface area contributed by atoms with Gasteiger partial charge in [-0.05, 0) is 20.9 Å². The first-order valence-corrected chi connectivity index (χ1v) is 5.01. The van der Waals surface area contributed by atoms with E-state index in [-0.39, 0.29) is 0 Å². The zero-order valence-electron chi connectivity index (χ0n) is 8.09. The van der Waals surface area contributed by atoms with Gasteiger partial charge in [0, 0.05) is 10.9 Å². The third-order valence-corrected chi connectivity index (χ3v) is 3.27. The van der Waals surface area contributed by atoms with Gasteiger partial charge >= 0.3 is 0 Å². The summed E-state index contributed by atoms with van der Waals surface area (Å²) in [4.78, 5) is 5.55. The predicted molar refractivity (Wildman–Crippen MR) is 53.6 cm³/mol. The van der Waals surface area contributed by atoms with Gasteiger partial charge in [-0.2, -0.15) is 5.26 Å². The van der Waals surface area contributed by atoms with Crippen molar-refractivity contribution in [3.8, 4) is 6.07 Å². The van der Waals surface area contributed by atoms with Gasteiger partial charge in [-0.3, -0.25) is 0 Å². The SMILES string of the molecule is CNC(C)c1sc(CC#N)nc1C. The minimum atomic E-state index is 0.324. The molecule has 3 nitrogen and oxygen atoms in total. The van der Waals surface area contributed by atoms with Crippen molar-refractivity contribution in [1.29, 1.82) is 5.26 Å². The standard InChI is InChI=1S/C9H13N3S/c1-6(11-3)9-7(2)12-8(13-9)4-5-10/h6,11H,4H2,1-3H3. The summed E-state index contributed by atoms with van der Waals surface area (Å²) >= 11 is 1.62. The van der Waals surface area contributed by atoms with E-state index >= 15 is 0 Å². The van der Waals surface area contributed by atoms with Gasteiger partial charge in [0.25, 0.3) is 0 Å². The number of nitrogens with zero attached hydrogens (tertiary/aromatic N) is 2. The molecule has 0 aliphatic heterocycles. The molecule has 1 heterocycles. The first-order chi connectivity index (χ1) is 6.19. The van der Waals surface area contributed by atoms with Crippen molar-refractivity contribution in [2.45, 2.75) is 26.3 Å². The molecule has 0 bridgehead atoms. The van der Waals surface area contributed by atoms with Crippen molar-refractivity contribution < 1.29 is 0 Å². The molecule has 0 fully saturated rings. The maximum Gasteiger partial charge on any atom is 0.107 e. The van der Waals surface area contributed by atoms with Crippen molar-refractivity contribution in [2.24, 2.45) is 0 Å². The minimum Gasteiger partial charge on any atom is -0.312 e. The van der Waals surface area contributed by atoms with Gasteiger partial charge in [0.2, 0.25) is 0 Å². The lowest BCUT2D eigenvalue weighted by molar-refractivity contribution is 0.658. The molecule has 0 spiro atoms. The zero-order valence-corrected chi connectivity index (χ0v) is 8.90. The molecule has 1 rings (SSSR count). The Bertz CT molecular complexity index is 324. The van der Waals surface area contributed by atoms with Crippen molar-refractivity contribution in [3.05, 3.63) is 15.6 Å². The summed E-state index contributed by atoms with van der Waals surface area (Å²) in [5.41, 5.74) is 1.04. The van der Waals surface area contributed by atoms with Crippen molar-refractivity contribution in [2.75, 3.05) is 7.05 Å². The number of nitriles is 1. The fraction of sp³-hybridized carbons (Fsp3) is 0.556. The van der Waals surface area contributed by atoms with E-state index in [4.69, 9.17) is 5.26 Å². The fourth-order valence-corrected chi connectivity index (χ4v) is 2.20. The molecule has 0 radical (unpaired) electrons. The van der Waals surface area contributed by atoms with E-state index in [9.17, 15) is 0 Å². The molecule has 13 heavy (non-hydrogen) atoms. The van der Waals surface area contributed by atoms with E-state index in [2.05, 4.69) is 23.3 Å².